The standard InChI is InChI=1S/C21H18ClN3O2S/c1-21(15-7-9-16(22)10-8-15)19(26)25(20(27)24-21)12-17-13-28-18(23-17)11-14-5-3-2-4-6-14/h2-10,13H,11-12H2,1H3,(H,24,27)/t21-/m1/s1. The van der Waals surface area contributed by atoms with Crippen molar-refractivity contribution in [1.82, 2.24) is 15.2 Å². The summed E-state index contributed by atoms with van der Waals surface area (Å²) in [7, 11) is 0. The molecule has 4 rings (SSSR count). The largest absolute Gasteiger partial charge is 0.325 e. The monoisotopic (exact) mass is 411 g/mol. The maximum absolute atomic E-state index is 13.0. The highest BCUT2D eigenvalue weighted by molar-refractivity contribution is 7.09. The Bertz CT molecular complexity index is 1020. The molecular weight excluding hydrogens is 394 g/mol. The number of halogens is 1. The number of thiazole rings is 1. The van der Waals surface area contributed by atoms with Crippen LogP contribution in [-0.2, 0) is 23.3 Å². The Morgan fingerprint density at radius 2 is 1.82 bits per heavy atom. The molecule has 2 heterocycles. The number of benzene rings is 2. The van der Waals surface area contributed by atoms with E-state index in [9.17, 15) is 9.59 Å². The number of imide groups is 1. The molecule has 1 aliphatic rings. The van der Waals surface area contributed by atoms with Crippen LogP contribution in [0.15, 0.2) is 60.0 Å². The van der Waals surface area contributed by atoms with Gasteiger partial charge in [-0.05, 0) is 30.2 Å². The van der Waals surface area contributed by atoms with E-state index in [4.69, 9.17) is 11.6 Å². The third kappa shape index (κ3) is 3.53. The van der Waals surface area contributed by atoms with Gasteiger partial charge < -0.3 is 5.32 Å². The van der Waals surface area contributed by atoms with E-state index >= 15 is 0 Å². The first-order valence-corrected chi connectivity index (χ1v) is 10.1. The summed E-state index contributed by atoms with van der Waals surface area (Å²) in [6.45, 7) is 1.86. The van der Waals surface area contributed by atoms with Crippen LogP contribution in [0.4, 0.5) is 4.79 Å². The van der Waals surface area contributed by atoms with Crippen molar-refractivity contribution in [2.75, 3.05) is 0 Å². The molecule has 0 bridgehead atoms. The molecule has 3 aromatic rings. The highest BCUT2D eigenvalue weighted by Crippen LogP contribution is 2.30. The Hall–Kier alpha value is -2.70. The van der Waals surface area contributed by atoms with Gasteiger partial charge in [-0.3, -0.25) is 9.69 Å². The fourth-order valence-electron chi connectivity index (χ4n) is 3.25. The molecule has 0 aliphatic carbocycles. The van der Waals surface area contributed by atoms with Crippen molar-refractivity contribution in [3.05, 3.63) is 86.8 Å². The summed E-state index contributed by atoms with van der Waals surface area (Å²) in [5.74, 6) is -0.294. The van der Waals surface area contributed by atoms with Crippen LogP contribution in [0.1, 0.15) is 28.8 Å². The second-order valence-corrected chi connectivity index (χ2v) is 8.23. The number of carbonyl (C=O) groups excluding carboxylic acids is 2. The lowest BCUT2D eigenvalue weighted by Gasteiger charge is -2.22. The van der Waals surface area contributed by atoms with Gasteiger partial charge in [-0.1, -0.05) is 54.1 Å². The number of rotatable bonds is 5. The molecule has 1 saturated heterocycles. The van der Waals surface area contributed by atoms with E-state index in [1.165, 1.54) is 21.8 Å². The zero-order chi connectivity index (χ0) is 19.7. The first-order chi connectivity index (χ1) is 13.5. The summed E-state index contributed by atoms with van der Waals surface area (Å²) >= 11 is 7.47. The van der Waals surface area contributed by atoms with Gasteiger partial charge in [0.05, 0.1) is 17.2 Å². The van der Waals surface area contributed by atoms with Crippen LogP contribution in [0, 0.1) is 0 Å². The molecule has 0 unspecified atom stereocenters. The van der Waals surface area contributed by atoms with Gasteiger partial charge in [-0.2, -0.15) is 0 Å². The topological polar surface area (TPSA) is 62.3 Å². The van der Waals surface area contributed by atoms with E-state index < -0.39 is 11.6 Å². The molecule has 1 fully saturated rings. The van der Waals surface area contributed by atoms with Crippen LogP contribution in [0.5, 0.6) is 0 Å². The zero-order valence-corrected chi connectivity index (χ0v) is 16.8. The molecule has 3 amide bonds. The first-order valence-electron chi connectivity index (χ1n) is 8.83. The van der Waals surface area contributed by atoms with Gasteiger partial charge in [-0.15, -0.1) is 11.3 Å². The van der Waals surface area contributed by atoms with Gasteiger partial charge in [0, 0.05) is 16.8 Å². The van der Waals surface area contributed by atoms with Crippen LogP contribution < -0.4 is 5.32 Å². The van der Waals surface area contributed by atoms with Gasteiger partial charge >= 0.3 is 6.03 Å². The predicted octanol–water partition coefficient (Wildman–Crippen LogP) is 4.35. The Morgan fingerprint density at radius 3 is 2.54 bits per heavy atom. The Kier molecular flexibility index (Phi) is 4.91. The molecule has 7 heteroatoms. The highest BCUT2D eigenvalue weighted by Gasteiger charge is 2.49. The van der Waals surface area contributed by atoms with E-state index in [0.29, 0.717) is 16.3 Å². The molecule has 1 aliphatic heterocycles. The third-order valence-electron chi connectivity index (χ3n) is 4.81. The maximum Gasteiger partial charge on any atom is 0.325 e. The molecule has 2 aromatic carbocycles. The summed E-state index contributed by atoms with van der Waals surface area (Å²) in [5, 5.41) is 6.23. The predicted molar refractivity (Wildman–Crippen MR) is 109 cm³/mol. The minimum Gasteiger partial charge on any atom is -0.319 e. The SMILES string of the molecule is C[C@]1(c2ccc(Cl)cc2)NC(=O)N(Cc2csc(Cc3ccccc3)n2)C1=O. The Morgan fingerprint density at radius 1 is 1.11 bits per heavy atom. The smallest absolute Gasteiger partial charge is 0.319 e. The van der Waals surface area contributed by atoms with Crippen molar-refractivity contribution < 1.29 is 9.59 Å². The van der Waals surface area contributed by atoms with Crippen molar-refractivity contribution >= 4 is 34.9 Å². The number of amides is 3. The van der Waals surface area contributed by atoms with Crippen LogP contribution in [0.3, 0.4) is 0 Å². The van der Waals surface area contributed by atoms with Crippen molar-refractivity contribution in [2.24, 2.45) is 0 Å². The average molecular weight is 412 g/mol. The zero-order valence-electron chi connectivity index (χ0n) is 15.2. The summed E-state index contributed by atoms with van der Waals surface area (Å²) in [5.41, 5.74) is 1.47. The lowest BCUT2D eigenvalue weighted by atomic mass is 9.92. The van der Waals surface area contributed by atoms with Crippen molar-refractivity contribution in [2.45, 2.75) is 25.4 Å². The second-order valence-electron chi connectivity index (χ2n) is 6.85. The number of urea groups is 1. The van der Waals surface area contributed by atoms with Gasteiger partial charge in [0.1, 0.15) is 5.54 Å². The fourth-order valence-corrected chi connectivity index (χ4v) is 4.20. The Balaban J connectivity index is 1.50. The molecule has 28 heavy (non-hydrogen) atoms. The number of hydrogen-bond acceptors (Lipinski definition) is 4. The molecule has 0 radical (unpaired) electrons. The normalized spacial score (nSPS) is 19.1. The van der Waals surface area contributed by atoms with E-state index in [2.05, 4.69) is 22.4 Å². The quantitative estimate of drug-likeness (QED) is 0.634. The summed E-state index contributed by atoms with van der Waals surface area (Å²) in [4.78, 5) is 31.3. The van der Waals surface area contributed by atoms with E-state index in [0.717, 1.165) is 11.4 Å². The molecule has 142 valence electrons. The van der Waals surface area contributed by atoms with Gasteiger partial charge in [0.15, 0.2) is 0 Å². The van der Waals surface area contributed by atoms with Crippen LogP contribution >= 0.6 is 22.9 Å². The summed E-state index contributed by atoms with van der Waals surface area (Å²) in [6, 6.07) is 16.6. The lowest BCUT2D eigenvalue weighted by Crippen LogP contribution is -2.40. The third-order valence-corrected chi connectivity index (χ3v) is 5.96. The molecule has 5 nitrogen and oxygen atoms in total. The first kappa shape index (κ1) is 18.7. The van der Waals surface area contributed by atoms with E-state index in [1.54, 1.807) is 31.2 Å². The van der Waals surface area contributed by atoms with Crippen LogP contribution in [0.2, 0.25) is 5.02 Å². The molecule has 1 atom stereocenters. The van der Waals surface area contributed by atoms with Crippen molar-refractivity contribution in [1.29, 1.82) is 0 Å². The van der Waals surface area contributed by atoms with E-state index in [1.807, 2.05) is 23.6 Å². The number of nitrogens with one attached hydrogen (secondary N) is 1. The lowest BCUT2D eigenvalue weighted by molar-refractivity contribution is -0.131. The number of aromatic nitrogens is 1. The number of nitrogens with zero attached hydrogens (tertiary/aromatic N) is 2. The molecule has 1 N–H and O–H groups in total. The highest BCUT2D eigenvalue weighted by atomic mass is 35.5. The number of hydrogen-bond donors (Lipinski definition) is 1. The van der Waals surface area contributed by atoms with Gasteiger partial charge in [-0.25, -0.2) is 9.78 Å². The molecular formula is C21H18ClN3O2S. The molecule has 1 aromatic heterocycles. The summed E-state index contributed by atoms with van der Waals surface area (Å²) < 4.78 is 0. The average Bonchev–Trinajstić information content (AvgIpc) is 3.21. The molecule has 0 saturated carbocycles. The van der Waals surface area contributed by atoms with E-state index in [-0.39, 0.29) is 12.5 Å². The fraction of sp³-hybridized carbons (Fsp3) is 0.190. The second kappa shape index (κ2) is 7.37. The minimum absolute atomic E-state index is 0.152. The van der Waals surface area contributed by atoms with Crippen molar-refractivity contribution in [3.8, 4) is 0 Å². The number of carbonyl (C=O) groups is 2. The minimum atomic E-state index is -1.11. The maximum atomic E-state index is 13.0. The van der Waals surface area contributed by atoms with Gasteiger partial charge in [0.25, 0.3) is 5.91 Å². The Labute approximate surface area is 172 Å². The van der Waals surface area contributed by atoms with Gasteiger partial charge in [0.2, 0.25) is 0 Å². The molecule has 0 spiro atoms. The summed E-state index contributed by atoms with van der Waals surface area (Å²) in [6.07, 6.45) is 0.730. The van der Waals surface area contributed by atoms with Crippen LogP contribution in [0.25, 0.3) is 0 Å². The van der Waals surface area contributed by atoms with Crippen molar-refractivity contribution in [3.63, 3.8) is 0 Å². The van der Waals surface area contributed by atoms with Crippen LogP contribution in [-0.4, -0.2) is 21.8 Å².